The van der Waals surface area contributed by atoms with Crippen LogP contribution in [0.3, 0.4) is 0 Å². The number of nitrogens with one attached hydrogen (secondary N) is 1. The number of benzene rings is 3. The van der Waals surface area contributed by atoms with E-state index in [-0.39, 0.29) is 11.4 Å². The van der Waals surface area contributed by atoms with Crippen LogP contribution >= 0.6 is 39.3 Å². The number of halogens is 2. The molecule has 6 nitrogen and oxygen atoms in total. The van der Waals surface area contributed by atoms with Gasteiger partial charge in [-0.05, 0) is 88.2 Å². The van der Waals surface area contributed by atoms with Crippen molar-refractivity contribution in [2.24, 2.45) is 0 Å². The minimum atomic E-state index is -0.502. The van der Waals surface area contributed by atoms with Crippen molar-refractivity contribution in [1.29, 1.82) is 0 Å². The molecule has 1 aliphatic heterocycles. The molecule has 0 aliphatic carbocycles. The smallest absolute Gasteiger partial charge is 0.294 e. The molecule has 0 spiro atoms. The average molecular weight is 572 g/mol. The van der Waals surface area contributed by atoms with Crippen molar-refractivity contribution >= 4 is 68.1 Å². The number of nitrogens with zero attached hydrogens (tertiary/aromatic N) is 1. The van der Waals surface area contributed by atoms with Crippen molar-refractivity contribution < 1.29 is 19.1 Å². The zero-order chi connectivity index (χ0) is 24.9. The third-order valence-electron chi connectivity index (χ3n) is 5.07. The Morgan fingerprint density at radius 1 is 1.09 bits per heavy atom. The third-order valence-corrected chi connectivity index (χ3v) is 6.85. The Morgan fingerprint density at radius 3 is 2.49 bits per heavy atom. The van der Waals surface area contributed by atoms with E-state index in [1.807, 2.05) is 31.2 Å². The number of imide groups is 1. The van der Waals surface area contributed by atoms with E-state index in [2.05, 4.69) is 21.2 Å². The molecule has 0 aromatic heterocycles. The number of hydrogen-bond acceptors (Lipinski definition) is 5. The van der Waals surface area contributed by atoms with Gasteiger partial charge in [0, 0.05) is 10.7 Å². The minimum absolute atomic E-state index is 0.250. The number of hydrogen-bond donors (Lipinski definition) is 1. The Bertz CT molecular complexity index is 1310. The van der Waals surface area contributed by atoms with E-state index in [0.29, 0.717) is 33.1 Å². The molecule has 3 amide bonds. The summed E-state index contributed by atoms with van der Waals surface area (Å²) in [6.45, 7) is 1.97. The molecule has 35 heavy (non-hydrogen) atoms. The number of amides is 3. The summed E-state index contributed by atoms with van der Waals surface area (Å²) in [7, 11) is 0. The SMILES string of the molecule is Cc1ccc(NC(=O)CN2C(=O)S/C(=C/c3ccc(OCc4ccc(Cl)cc4)c(Br)c3)C2=O)cc1. The van der Waals surface area contributed by atoms with Crippen molar-refractivity contribution in [3.63, 3.8) is 0 Å². The largest absolute Gasteiger partial charge is 0.488 e. The molecule has 1 fully saturated rings. The summed E-state index contributed by atoms with van der Waals surface area (Å²) in [5.41, 5.74) is 3.36. The second-order valence-corrected chi connectivity index (χ2v) is 10.1. The average Bonchev–Trinajstić information content (AvgIpc) is 3.08. The standard InChI is InChI=1S/C26H20BrClN2O4S/c1-16-2-9-20(10-3-16)29-24(31)14-30-25(32)23(35-26(30)33)13-18-6-11-22(21(27)12-18)34-15-17-4-7-19(28)8-5-17/h2-13H,14-15H2,1H3,(H,29,31)/b23-13+. The zero-order valence-electron chi connectivity index (χ0n) is 18.6. The summed E-state index contributed by atoms with van der Waals surface area (Å²) in [5, 5.41) is 2.88. The monoisotopic (exact) mass is 570 g/mol. The Balaban J connectivity index is 1.39. The van der Waals surface area contributed by atoms with E-state index >= 15 is 0 Å². The van der Waals surface area contributed by atoms with Crippen molar-refractivity contribution in [3.8, 4) is 5.75 Å². The second kappa shape index (κ2) is 11.1. The summed E-state index contributed by atoms with van der Waals surface area (Å²) in [5.74, 6) is -0.307. The molecule has 9 heteroatoms. The van der Waals surface area contributed by atoms with Gasteiger partial charge in [0.1, 0.15) is 18.9 Å². The van der Waals surface area contributed by atoms with Crippen molar-refractivity contribution in [1.82, 2.24) is 4.90 Å². The fraction of sp³-hybridized carbons (Fsp3) is 0.115. The first kappa shape index (κ1) is 25.0. The van der Waals surface area contributed by atoms with Crippen LogP contribution in [-0.2, 0) is 16.2 Å². The highest BCUT2D eigenvalue weighted by molar-refractivity contribution is 9.10. The first-order chi connectivity index (χ1) is 16.8. The quantitative estimate of drug-likeness (QED) is 0.321. The van der Waals surface area contributed by atoms with Crippen molar-refractivity contribution in [2.75, 3.05) is 11.9 Å². The minimum Gasteiger partial charge on any atom is -0.488 e. The molecule has 4 rings (SSSR count). The zero-order valence-corrected chi connectivity index (χ0v) is 21.7. The normalized spacial score (nSPS) is 14.5. The molecule has 0 saturated carbocycles. The predicted molar refractivity (Wildman–Crippen MR) is 142 cm³/mol. The van der Waals surface area contributed by atoms with Gasteiger partial charge in [-0.25, -0.2) is 0 Å². The lowest BCUT2D eigenvalue weighted by atomic mass is 10.2. The Kier molecular flexibility index (Phi) is 7.95. The maximum Gasteiger partial charge on any atom is 0.294 e. The van der Waals surface area contributed by atoms with E-state index in [1.54, 1.807) is 48.5 Å². The Labute approximate surface area is 220 Å². The molecule has 0 bridgehead atoms. The highest BCUT2D eigenvalue weighted by atomic mass is 79.9. The van der Waals surface area contributed by atoms with Gasteiger partial charge in [0.25, 0.3) is 11.1 Å². The number of anilines is 1. The Morgan fingerprint density at radius 2 is 1.80 bits per heavy atom. The molecule has 0 unspecified atom stereocenters. The maximum atomic E-state index is 12.8. The lowest BCUT2D eigenvalue weighted by Gasteiger charge is -2.12. The van der Waals surface area contributed by atoms with Crippen molar-refractivity contribution in [3.05, 3.63) is 97.8 Å². The van der Waals surface area contributed by atoms with Crippen LogP contribution in [0.15, 0.2) is 76.1 Å². The number of carbonyl (C=O) groups is 3. The van der Waals surface area contributed by atoms with E-state index in [9.17, 15) is 14.4 Å². The highest BCUT2D eigenvalue weighted by Gasteiger charge is 2.36. The maximum absolute atomic E-state index is 12.8. The van der Waals surface area contributed by atoms with Gasteiger partial charge in [-0.1, -0.05) is 47.5 Å². The summed E-state index contributed by atoms with van der Waals surface area (Å²) in [6.07, 6.45) is 1.62. The van der Waals surface area contributed by atoms with Gasteiger partial charge < -0.3 is 10.1 Å². The molecular weight excluding hydrogens is 552 g/mol. The molecule has 0 radical (unpaired) electrons. The number of carbonyl (C=O) groups excluding carboxylic acids is 3. The van der Waals surface area contributed by atoms with Crippen LogP contribution in [0, 0.1) is 6.92 Å². The highest BCUT2D eigenvalue weighted by Crippen LogP contribution is 2.34. The van der Waals surface area contributed by atoms with E-state index in [4.69, 9.17) is 16.3 Å². The number of thioether (sulfide) groups is 1. The molecule has 1 aliphatic rings. The van der Waals surface area contributed by atoms with Gasteiger partial charge in [-0.15, -0.1) is 0 Å². The first-order valence-corrected chi connectivity index (χ1v) is 12.6. The molecule has 1 N–H and O–H groups in total. The van der Waals surface area contributed by atoms with Crippen LogP contribution in [0.1, 0.15) is 16.7 Å². The summed E-state index contributed by atoms with van der Waals surface area (Å²) < 4.78 is 6.56. The van der Waals surface area contributed by atoms with Crippen LogP contribution in [-0.4, -0.2) is 28.5 Å². The van der Waals surface area contributed by atoms with Gasteiger partial charge in [0.15, 0.2) is 0 Å². The predicted octanol–water partition coefficient (Wildman–Crippen LogP) is 6.66. The molecular formula is C26H20BrClN2O4S. The van der Waals surface area contributed by atoms with Crippen LogP contribution in [0.25, 0.3) is 6.08 Å². The van der Waals surface area contributed by atoms with E-state index in [0.717, 1.165) is 27.8 Å². The van der Waals surface area contributed by atoms with E-state index < -0.39 is 17.1 Å². The number of ether oxygens (including phenoxy) is 1. The summed E-state index contributed by atoms with van der Waals surface area (Å²) in [4.78, 5) is 38.7. The fourth-order valence-corrected chi connectivity index (χ4v) is 4.71. The molecule has 1 heterocycles. The van der Waals surface area contributed by atoms with Crippen LogP contribution in [0.4, 0.5) is 10.5 Å². The van der Waals surface area contributed by atoms with Crippen LogP contribution < -0.4 is 10.1 Å². The molecule has 1 saturated heterocycles. The van der Waals surface area contributed by atoms with Gasteiger partial charge in [0.05, 0.1) is 9.38 Å². The summed E-state index contributed by atoms with van der Waals surface area (Å²) >= 11 is 10.2. The lowest BCUT2D eigenvalue weighted by molar-refractivity contribution is -0.127. The van der Waals surface area contributed by atoms with Crippen LogP contribution in [0.5, 0.6) is 5.75 Å². The topological polar surface area (TPSA) is 75.7 Å². The molecule has 0 atom stereocenters. The van der Waals surface area contributed by atoms with Gasteiger partial charge >= 0.3 is 0 Å². The third kappa shape index (κ3) is 6.54. The molecule has 3 aromatic rings. The lowest BCUT2D eigenvalue weighted by Crippen LogP contribution is -2.36. The number of aryl methyl sites for hydroxylation is 1. The molecule has 178 valence electrons. The Hall–Kier alpha value is -3.07. The second-order valence-electron chi connectivity index (χ2n) is 7.79. The molecule has 3 aromatic carbocycles. The summed E-state index contributed by atoms with van der Waals surface area (Å²) in [6, 6.07) is 20.0. The van der Waals surface area contributed by atoms with E-state index in [1.165, 1.54) is 0 Å². The van der Waals surface area contributed by atoms with Crippen molar-refractivity contribution in [2.45, 2.75) is 13.5 Å². The first-order valence-electron chi connectivity index (χ1n) is 10.6. The van der Waals surface area contributed by atoms with Crippen LogP contribution in [0.2, 0.25) is 5.02 Å². The van der Waals surface area contributed by atoms with Gasteiger partial charge in [-0.2, -0.15) is 0 Å². The number of rotatable bonds is 7. The van der Waals surface area contributed by atoms with Gasteiger partial charge in [-0.3, -0.25) is 19.3 Å². The fourth-order valence-electron chi connectivity index (χ4n) is 3.23. The van der Waals surface area contributed by atoms with Gasteiger partial charge in [0.2, 0.25) is 5.91 Å².